The van der Waals surface area contributed by atoms with Gasteiger partial charge in [-0.2, -0.15) is 0 Å². The standard InChI is InChI=1S/C10H7BrN2O3/c11-7-1-2-13-8(4-7)12-5-6(10(13)16)3-9(14)15/h1-2,4-5H,3H2,(H,14,15). The molecule has 1 N–H and O–H groups in total. The van der Waals surface area contributed by atoms with Crippen molar-refractivity contribution in [1.82, 2.24) is 9.38 Å². The summed E-state index contributed by atoms with van der Waals surface area (Å²) in [5.41, 5.74) is 0.306. The third-order valence-corrected chi connectivity index (χ3v) is 2.58. The molecule has 0 saturated carbocycles. The predicted molar refractivity (Wildman–Crippen MR) is 60.5 cm³/mol. The Bertz CT molecular complexity index is 621. The van der Waals surface area contributed by atoms with E-state index < -0.39 is 5.97 Å². The zero-order valence-electron chi connectivity index (χ0n) is 8.05. The SMILES string of the molecule is O=C(O)Cc1cnc2cc(Br)ccn2c1=O. The van der Waals surface area contributed by atoms with Gasteiger partial charge in [-0.1, -0.05) is 15.9 Å². The molecule has 6 heteroatoms. The summed E-state index contributed by atoms with van der Waals surface area (Å²) in [6, 6.07) is 3.38. The van der Waals surface area contributed by atoms with Gasteiger partial charge in [0.1, 0.15) is 5.65 Å². The number of carbonyl (C=O) groups is 1. The van der Waals surface area contributed by atoms with Gasteiger partial charge in [-0.25, -0.2) is 4.98 Å². The zero-order valence-corrected chi connectivity index (χ0v) is 9.64. The van der Waals surface area contributed by atoms with Crippen LogP contribution in [-0.2, 0) is 11.2 Å². The summed E-state index contributed by atoms with van der Waals surface area (Å²) in [6.07, 6.45) is 2.54. The molecule has 0 aliphatic heterocycles. The number of hydrogen-bond acceptors (Lipinski definition) is 3. The lowest BCUT2D eigenvalue weighted by molar-refractivity contribution is -0.136. The Balaban J connectivity index is 2.66. The van der Waals surface area contributed by atoms with E-state index in [0.717, 1.165) is 4.47 Å². The summed E-state index contributed by atoms with van der Waals surface area (Å²) < 4.78 is 2.13. The number of hydrogen-bond donors (Lipinski definition) is 1. The zero-order chi connectivity index (χ0) is 11.7. The minimum atomic E-state index is -1.05. The summed E-state index contributed by atoms with van der Waals surface area (Å²) in [5, 5.41) is 8.62. The largest absolute Gasteiger partial charge is 0.481 e. The third-order valence-electron chi connectivity index (χ3n) is 2.08. The first kappa shape index (κ1) is 10.8. The van der Waals surface area contributed by atoms with Crippen LogP contribution in [0.25, 0.3) is 5.65 Å². The van der Waals surface area contributed by atoms with Crippen LogP contribution in [0.15, 0.2) is 33.8 Å². The summed E-state index contributed by atoms with van der Waals surface area (Å²) >= 11 is 3.27. The van der Waals surface area contributed by atoms with E-state index in [2.05, 4.69) is 20.9 Å². The van der Waals surface area contributed by atoms with E-state index in [0.29, 0.717) is 5.65 Å². The molecule has 0 spiro atoms. The van der Waals surface area contributed by atoms with Crippen LogP contribution >= 0.6 is 15.9 Å². The van der Waals surface area contributed by atoms with Crippen molar-refractivity contribution in [1.29, 1.82) is 0 Å². The maximum absolute atomic E-state index is 11.8. The Morgan fingerprint density at radius 3 is 3.00 bits per heavy atom. The molecule has 0 atom stereocenters. The third kappa shape index (κ3) is 1.96. The molecule has 0 unspecified atom stereocenters. The van der Waals surface area contributed by atoms with E-state index in [-0.39, 0.29) is 17.5 Å². The highest BCUT2D eigenvalue weighted by Crippen LogP contribution is 2.10. The summed E-state index contributed by atoms with van der Waals surface area (Å²) in [6.45, 7) is 0. The average molecular weight is 283 g/mol. The second kappa shape index (κ2) is 4.05. The smallest absolute Gasteiger partial charge is 0.308 e. The van der Waals surface area contributed by atoms with Crippen LogP contribution in [0.3, 0.4) is 0 Å². The Kier molecular flexibility index (Phi) is 2.74. The van der Waals surface area contributed by atoms with Crippen LogP contribution in [0, 0.1) is 0 Å². The van der Waals surface area contributed by atoms with Gasteiger partial charge in [0.2, 0.25) is 0 Å². The molecule has 2 rings (SSSR count). The number of fused-ring (bicyclic) bond motifs is 1. The Labute approximate surface area is 98.5 Å². The topological polar surface area (TPSA) is 71.7 Å². The molecule has 5 nitrogen and oxygen atoms in total. The van der Waals surface area contributed by atoms with E-state index in [9.17, 15) is 9.59 Å². The van der Waals surface area contributed by atoms with E-state index >= 15 is 0 Å². The molecule has 0 aliphatic carbocycles. The first-order chi connectivity index (χ1) is 7.58. The Hall–Kier alpha value is -1.69. The minimum Gasteiger partial charge on any atom is -0.481 e. The van der Waals surface area contributed by atoms with E-state index in [1.54, 1.807) is 18.3 Å². The van der Waals surface area contributed by atoms with Crippen molar-refractivity contribution in [3.05, 3.63) is 44.9 Å². The number of carboxylic acids is 1. The highest BCUT2D eigenvalue weighted by atomic mass is 79.9. The van der Waals surface area contributed by atoms with Crippen molar-refractivity contribution < 1.29 is 9.90 Å². The number of pyridine rings is 1. The molecule has 0 fully saturated rings. The summed E-state index contributed by atoms with van der Waals surface area (Å²) in [5.74, 6) is -1.05. The molecule has 2 aromatic heterocycles. The van der Waals surface area contributed by atoms with E-state index in [1.807, 2.05) is 0 Å². The number of halogens is 1. The Morgan fingerprint density at radius 1 is 1.56 bits per heavy atom. The van der Waals surface area contributed by atoms with Gasteiger partial charge < -0.3 is 5.11 Å². The summed E-state index contributed by atoms with van der Waals surface area (Å²) in [4.78, 5) is 26.4. The van der Waals surface area contributed by atoms with Crippen LogP contribution in [0.2, 0.25) is 0 Å². The van der Waals surface area contributed by atoms with Gasteiger partial charge in [0, 0.05) is 22.4 Å². The van der Waals surface area contributed by atoms with Gasteiger partial charge in [0.25, 0.3) is 5.56 Å². The maximum Gasteiger partial charge on any atom is 0.308 e. The fourth-order valence-corrected chi connectivity index (χ4v) is 1.70. The molecule has 0 radical (unpaired) electrons. The molecule has 0 aromatic carbocycles. The summed E-state index contributed by atoms with van der Waals surface area (Å²) in [7, 11) is 0. The van der Waals surface area contributed by atoms with Crippen LogP contribution in [0.1, 0.15) is 5.56 Å². The van der Waals surface area contributed by atoms with Crippen molar-refractivity contribution in [2.75, 3.05) is 0 Å². The fourth-order valence-electron chi connectivity index (χ4n) is 1.37. The van der Waals surface area contributed by atoms with Crippen LogP contribution in [0.4, 0.5) is 0 Å². The molecular formula is C10H7BrN2O3. The monoisotopic (exact) mass is 282 g/mol. The van der Waals surface area contributed by atoms with Gasteiger partial charge in [0.15, 0.2) is 0 Å². The van der Waals surface area contributed by atoms with Crippen molar-refractivity contribution in [2.45, 2.75) is 6.42 Å². The van der Waals surface area contributed by atoms with Gasteiger partial charge in [-0.3, -0.25) is 14.0 Å². The van der Waals surface area contributed by atoms with Crippen LogP contribution in [0.5, 0.6) is 0 Å². The number of rotatable bonds is 2. The minimum absolute atomic E-state index is 0.173. The quantitative estimate of drug-likeness (QED) is 0.895. The number of aromatic nitrogens is 2. The lowest BCUT2D eigenvalue weighted by atomic mass is 10.2. The highest BCUT2D eigenvalue weighted by molar-refractivity contribution is 9.10. The molecule has 2 heterocycles. The van der Waals surface area contributed by atoms with Gasteiger partial charge >= 0.3 is 5.97 Å². The Morgan fingerprint density at radius 2 is 2.31 bits per heavy atom. The average Bonchev–Trinajstić information content (AvgIpc) is 2.22. The van der Waals surface area contributed by atoms with Crippen molar-refractivity contribution in [3.63, 3.8) is 0 Å². The lowest BCUT2D eigenvalue weighted by Gasteiger charge is -2.02. The van der Waals surface area contributed by atoms with Gasteiger partial charge in [-0.05, 0) is 12.1 Å². The molecule has 0 bridgehead atoms. The first-order valence-corrected chi connectivity index (χ1v) is 5.25. The lowest BCUT2D eigenvalue weighted by Crippen LogP contribution is -2.21. The molecule has 16 heavy (non-hydrogen) atoms. The van der Waals surface area contributed by atoms with Crippen molar-refractivity contribution >= 4 is 27.5 Å². The highest BCUT2D eigenvalue weighted by Gasteiger charge is 2.08. The molecule has 2 aromatic rings. The fraction of sp³-hybridized carbons (Fsp3) is 0.100. The molecule has 0 aliphatic rings. The molecule has 0 amide bonds. The molecule has 0 saturated heterocycles. The number of nitrogens with zero attached hydrogens (tertiary/aromatic N) is 2. The second-order valence-corrected chi connectivity index (χ2v) is 4.15. The van der Waals surface area contributed by atoms with E-state index in [4.69, 9.17) is 5.11 Å². The van der Waals surface area contributed by atoms with Crippen molar-refractivity contribution in [3.8, 4) is 0 Å². The second-order valence-electron chi connectivity index (χ2n) is 3.23. The molecule has 82 valence electrons. The predicted octanol–water partition coefficient (Wildman–Crippen LogP) is 1.08. The normalized spacial score (nSPS) is 10.6. The van der Waals surface area contributed by atoms with Gasteiger partial charge in [0.05, 0.1) is 6.42 Å². The number of aliphatic carboxylic acids is 1. The van der Waals surface area contributed by atoms with Crippen LogP contribution in [-0.4, -0.2) is 20.5 Å². The molecular weight excluding hydrogens is 276 g/mol. The van der Waals surface area contributed by atoms with Gasteiger partial charge in [-0.15, -0.1) is 0 Å². The van der Waals surface area contributed by atoms with Crippen molar-refractivity contribution in [2.24, 2.45) is 0 Å². The van der Waals surface area contributed by atoms with E-state index in [1.165, 1.54) is 10.6 Å². The maximum atomic E-state index is 11.8. The number of carboxylic acid groups (broad SMARTS) is 1. The van der Waals surface area contributed by atoms with Crippen LogP contribution < -0.4 is 5.56 Å². The first-order valence-electron chi connectivity index (χ1n) is 4.45.